The Bertz CT molecular complexity index is 1250. The molecule has 0 aliphatic carbocycles. The summed E-state index contributed by atoms with van der Waals surface area (Å²) >= 11 is 2.03. The molecule has 4 rings (SSSR count). The summed E-state index contributed by atoms with van der Waals surface area (Å²) in [5.41, 5.74) is 2.13. The van der Waals surface area contributed by atoms with Crippen LogP contribution >= 0.6 is 22.6 Å². The van der Waals surface area contributed by atoms with Crippen LogP contribution in [0.15, 0.2) is 66.7 Å². The molecule has 34 heavy (non-hydrogen) atoms. The fourth-order valence-electron chi connectivity index (χ4n) is 3.71. The van der Waals surface area contributed by atoms with Crippen molar-refractivity contribution in [3.05, 3.63) is 92.6 Å². The molecule has 3 aromatic rings. The van der Waals surface area contributed by atoms with Gasteiger partial charge in [-0.25, -0.2) is 5.01 Å². The van der Waals surface area contributed by atoms with E-state index in [-0.39, 0.29) is 16.7 Å². The lowest BCUT2D eigenvalue weighted by Crippen LogP contribution is -2.53. The highest BCUT2D eigenvalue weighted by Gasteiger charge is 2.41. The molecule has 0 aromatic heterocycles. The molecular formula is C24H19F3IN3O3. The zero-order chi connectivity index (χ0) is 24.5. The van der Waals surface area contributed by atoms with Crippen LogP contribution in [-0.2, 0) is 6.18 Å². The quantitative estimate of drug-likeness (QED) is 0.384. The molecular weight excluding hydrogens is 562 g/mol. The van der Waals surface area contributed by atoms with E-state index in [1.54, 1.807) is 43.3 Å². The van der Waals surface area contributed by atoms with Gasteiger partial charge in [-0.05, 0) is 65.9 Å². The number of benzene rings is 3. The van der Waals surface area contributed by atoms with Crippen molar-refractivity contribution in [3.63, 3.8) is 0 Å². The van der Waals surface area contributed by atoms with Crippen molar-refractivity contribution in [2.75, 3.05) is 11.9 Å². The number of fused-ring (bicyclic) bond motifs is 1. The van der Waals surface area contributed by atoms with Gasteiger partial charge in [0.2, 0.25) is 0 Å². The standard InChI is InChI=1S/C24H19F3IN3O3/c1-2-34-20-10-6-4-8-16(20)22(32)30-31-21(15-7-3-5-9-18(15)24(25,26)27)29-19-12-11-14(28)13-17(19)23(31)33/h3-13,21,29H,2H2,1H3,(H,30,32)/t21-/m1/s1. The average molecular weight is 581 g/mol. The number of anilines is 1. The van der Waals surface area contributed by atoms with Crippen molar-refractivity contribution < 1.29 is 27.5 Å². The van der Waals surface area contributed by atoms with Crippen LogP contribution in [0.25, 0.3) is 0 Å². The van der Waals surface area contributed by atoms with Crippen LogP contribution in [0.5, 0.6) is 5.75 Å². The topological polar surface area (TPSA) is 70.7 Å². The molecule has 6 nitrogen and oxygen atoms in total. The maximum Gasteiger partial charge on any atom is 0.416 e. The van der Waals surface area contributed by atoms with Gasteiger partial charge in [0.25, 0.3) is 11.8 Å². The molecule has 2 amide bonds. The number of amides is 2. The molecule has 1 aliphatic rings. The smallest absolute Gasteiger partial charge is 0.416 e. The van der Waals surface area contributed by atoms with Gasteiger partial charge >= 0.3 is 6.18 Å². The number of hydrazine groups is 1. The molecule has 1 aliphatic heterocycles. The van der Waals surface area contributed by atoms with Crippen molar-refractivity contribution in [1.82, 2.24) is 10.4 Å². The van der Waals surface area contributed by atoms with Gasteiger partial charge < -0.3 is 10.1 Å². The average Bonchev–Trinajstić information content (AvgIpc) is 2.81. The van der Waals surface area contributed by atoms with Crippen LogP contribution in [0.2, 0.25) is 0 Å². The molecule has 1 atom stereocenters. The van der Waals surface area contributed by atoms with Crippen LogP contribution in [-0.4, -0.2) is 23.4 Å². The van der Waals surface area contributed by atoms with Crippen molar-refractivity contribution in [2.24, 2.45) is 0 Å². The van der Waals surface area contributed by atoms with Crippen molar-refractivity contribution in [1.29, 1.82) is 0 Å². The molecule has 0 saturated heterocycles. The first-order chi connectivity index (χ1) is 16.2. The molecule has 0 bridgehead atoms. The minimum absolute atomic E-state index is 0.147. The number of nitrogens with one attached hydrogen (secondary N) is 2. The zero-order valence-corrected chi connectivity index (χ0v) is 20.0. The van der Waals surface area contributed by atoms with Crippen LogP contribution in [0.1, 0.15) is 44.9 Å². The summed E-state index contributed by atoms with van der Waals surface area (Å²) in [6.07, 6.45) is -5.97. The van der Waals surface area contributed by atoms with Gasteiger partial charge in [0.1, 0.15) is 11.9 Å². The third-order valence-electron chi connectivity index (χ3n) is 5.20. The van der Waals surface area contributed by atoms with E-state index in [1.165, 1.54) is 24.3 Å². The van der Waals surface area contributed by atoms with Crippen molar-refractivity contribution in [2.45, 2.75) is 19.3 Å². The second-order valence-corrected chi connectivity index (χ2v) is 8.61. The number of rotatable bonds is 5. The van der Waals surface area contributed by atoms with Gasteiger partial charge in [0.15, 0.2) is 0 Å². The highest BCUT2D eigenvalue weighted by Crippen LogP contribution is 2.39. The predicted octanol–water partition coefficient (Wildman–Crippen LogP) is 5.62. The molecule has 0 spiro atoms. The monoisotopic (exact) mass is 581 g/mol. The number of hydrogen-bond acceptors (Lipinski definition) is 4. The molecule has 1 heterocycles. The number of para-hydroxylation sites is 1. The minimum atomic E-state index is -4.66. The molecule has 3 aromatic carbocycles. The van der Waals surface area contributed by atoms with Gasteiger partial charge in [-0.2, -0.15) is 13.2 Å². The molecule has 0 fully saturated rings. The van der Waals surface area contributed by atoms with Crippen LogP contribution in [0.4, 0.5) is 18.9 Å². The largest absolute Gasteiger partial charge is 0.493 e. The van der Waals surface area contributed by atoms with E-state index < -0.39 is 29.7 Å². The third-order valence-corrected chi connectivity index (χ3v) is 5.87. The Labute approximate surface area is 207 Å². The fourth-order valence-corrected chi connectivity index (χ4v) is 4.20. The lowest BCUT2D eigenvalue weighted by molar-refractivity contribution is -0.138. The van der Waals surface area contributed by atoms with E-state index in [9.17, 15) is 22.8 Å². The Morgan fingerprint density at radius 2 is 1.82 bits per heavy atom. The highest BCUT2D eigenvalue weighted by atomic mass is 127. The number of halogens is 4. The molecule has 10 heteroatoms. The van der Waals surface area contributed by atoms with E-state index in [0.717, 1.165) is 14.6 Å². The zero-order valence-electron chi connectivity index (χ0n) is 17.8. The number of alkyl halides is 3. The summed E-state index contributed by atoms with van der Waals surface area (Å²) in [6.45, 7) is 2.07. The van der Waals surface area contributed by atoms with Gasteiger partial charge in [0, 0.05) is 14.8 Å². The van der Waals surface area contributed by atoms with Gasteiger partial charge in [-0.1, -0.05) is 30.3 Å². The Hall–Kier alpha value is -3.28. The number of carbonyl (C=O) groups is 2. The number of hydrogen-bond donors (Lipinski definition) is 2. The third kappa shape index (κ3) is 4.67. The Morgan fingerprint density at radius 3 is 2.56 bits per heavy atom. The summed E-state index contributed by atoms with van der Waals surface area (Å²) in [5.74, 6) is -1.04. The molecule has 2 N–H and O–H groups in total. The Kier molecular flexibility index (Phi) is 6.69. The Morgan fingerprint density at radius 1 is 1.12 bits per heavy atom. The van der Waals surface area contributed by atoms with Crippen molar-refractivity contribution in [3.8, 4) is 5.75 Å². The van der Waals surface area contributed by atoms with Crippen molar-refractivity contribution >= 4 is 40.1 Å². The van der Waals surface area contributed by atoms with E-state index in [4.69, 9.17) is 4.74 Å². The summed E-state index contributed by atoms with van der Waals surface area (Å²) < 4.78 is 47.7. The van der Waals surface area contributed by atoms with Gasteiger partial charge in [-0.3, -0.25) is 15.0 Å². The fraction of sp³-hybridized carbons (Fsp3) is 0.167. The summed E-state index contributed by atoms with van der Waals surface area (Å²) in [7, 11) is 0. The SMILES string of the molecule is CCOc1ccccc1C(=O)NN1C(=O)c2cc(I)ccc2N[C@H]1c1ccccc1C(F)(F)F. The second-order valence-electron chi connectivity index (χ2n) is 7.37. The van der Waals surface area contributed by atoms with Crippen LogP contribution < -0.4 is 15.5 Å². The van der Waals surface area contributed by atoms with Gasteiger partial charge in [-0.15, -0.1) is 0 Å². The summed E-state index contributed by atoms with van der Waals surface area (Å²) in [6, 6.07) is 16.3. The van der Waals surface area contributed by atoms with Crippen LogP contribution in [0.3, 0.4) is 0 Å². The highest BCUT2D eigenvalue weighted by molar-refractivity contribution is 14.1. The van der Waals surface area contributed by atoms with E-state index in [0.29, 0.717) is 18.0 Å². The first-order valence-electron chi connectivity index (χ1n) is 10.3. The lowest BCUT2D eigenvalue weighted by Gasteiger charge is -2.38. The second kappa shape index (κ2) is 9.53. The maximum atomic E-state index is 13.8. The summed E-state index contributed by atoms with van der Waals surface area (Å²) in [5, 5.41) is 3.88. The first-order valence-corrected chi connectivity index (χ1v) is 11.4. The first kappa shape index (κ1) is 23.9. The maximum absolute atomic E-state index is 13.8. The van der Waals surface area contributed by atoms with E-state index in [1.807, 2.05) is 22.6 Å². The summed E-state index contributed by atoms with van der Waals surface area (Å²) in [4.78, 5) is 26.6. The van der Waals surface area contributed by atoms with E-state index >= 15 is 0 Å². The minimum Gasteiger partial charge on any atom is -0.493 e. The van der Waals surface area contributed by atoms with Gasteiger partial charge in [0.05, 0.1) is 23.3 Å². The Balaban J connectivity index is 1.80. The molecule has 176 valence electrons. The molecule has 0 unspecified atom stereocenters. The van der Waals surface area contributed by atoms with E-state index in [2.05, 4.69) is 10.7 Å². The van der Waals surface area contributed by atoms with Crippen LogP contribution in [0, 0.1) is 3.57 Å². The lowest BCUT2D eigenvalue weighted by atomic mass is 10.0. The number of carbonyl (C=O) groups excluding carboxylic acids is 2. The number of ether oxygens (including phenoxy) is 1. The predicted molar refractivity (Wildman–Crippen MR) is 128 cm³/mol. The molecule has 0 saturated carbocycles. The number of nitrogens with zero attached hydrogens (tertiary/aromatic N) is 1. The normalized spacial score (nSPS) is 15.4. The molecule has 0 radical (unpaired) electrons.